The van der Waals surface area contributed by atoms with Crippen molar-refractivity contribution in [3.63, 3.8) is 0 Å². The average molecular weight is 256 g/mol. The molecule has 3 nitrogen and oxygen atoms in total. The summed E-state index contributed by atoms with van der Waals surface area (Å²) in [5.41, 5.74) is -0.700. The molecule has 18 heavy (non-hydrogen) atoms. The van der Waals surface area contributed by atoms with Crippen LogP contribution in [0, 0.1) is 0 Å². The fraction of sp³-hybridized carbons (Fsp3) is 0.733. The van der Waals surface area contributed by atoms with Gasteiger partial charge in [0, 0.05) is 0 Å². The molecule has 0 unspecified atom stereocenters. The summed E-state index contributed by atoms with van der Waals surface area (Å²) < 4.78 is 0. The Labute approximate surface area is 111 Å². The SMILES string of the molecule is C=C[C@@](C)(O)CC/C=C(\C)CC[C@H](O)C(C)(C)O. The summed E-state index contributed by atoms with van der Waals surface area (Å²) in [5, 5.41) is 29.0. The number of allylic oxidation sites excluding steroid dienone is 2. The highest BCUT2D eigenvalue weighted by Gasteiger charge is 2.23. The smallest absolute Gasteiger partial charge is 0.0849 e. The Balaban J connectivity index is 4.03. The van der Waals surface area contributed by atoms with E-state index in [9.17, 15) is 15.3 Å². The van der Waals surface area contributed by atoms with Crippen LogP contribution in [-0.2, 0) is 0 Å². The second-order valence-electron chi connectivity index (χ2n) is 5.86. The highest BCUT2D eigenvalue weighted by atomic mass is 16.3. The van der Waals surface area contributed by atoms with E-state index in [1.807, 2.05) is 6.92 Å². The molecular formula is C15H28O3. The van der Waals surface area contributed by atoms with Crippen molar-refractivity contribution in [3.8, 4) is 0 Å². The van der Waals surface area contributed by atoms with Crippen molar-refractivity contribution < 1.29 is 15.3 Å². The third-order valence-electron chi connectivity index (χ3n) is 3.21. The van der Waals surface area contributed by atoms with Gasteiger partial charge in [-0.25, -0.2) is 0 Å². The van der Waals surface area contributed by atoms with Gasteiger partial charge in [0.25, 0.3) is 0 Å². The third kappa shape index (κ3) is 7.64. The normalized spacial score (nSPS) is 18.3. The van der Waals surface area contributed by atoms with Gasteiger partial charge in [-0.3, -0.25) is 0 Å². The van der Waals surface area contributed by atoms with Gasteiger partial charge in [-0.05, 0) is 53.4 Å². The first-order valence-corrected chi connectivity index (χ1v) is 6.50. The molecule has 0 saturated heterocycles. The van der Waals surface area contributed by atoms with E-state index in [1.165, 1.54) is 0 Å². The van der Waals surface area contributed by atoms with Crippen LogP contribution in [0.4, 0.5) is 0 Å². The van der Waals surface area contributed by atoms with Crippen LogP contribution in [0.5, 0.6) is 0 Å². The lowest BCUT2D eigenvalue weighted by Crippen LogP contribution is -2.35. The quantitative estimate of drug-likeness (QED) is 0.585. The zero-order valence-corrected chi connectivity index (χ0v) is 12.1. The average Bonchev–Trinajstić information content (AvgIpc) is 2.24. The van der Waals surface area contributed by atoms with E-state index >= 15 is 0 Å². The van der Waals surface area contributed by atoms with E-state index in [0.717, 1.165) is 18.4 Å². The Morgan fingerprint density at radius 1 is 1.28 bits per heavy atom. The van der Waals surface area contributed by atoms with Gasteiger partial charge in [0.05, 0.1) is 17.3 Å². The maximum Gasteiger partial charge on any atom is 0.0849 e. The summed E-state index contributed by atoms with van der Waals surface area (Å²) in [6.45, 7) is 10.5. The van der Waals surface area contributed by atoms with Crippen LogP contribution in [0.25, 0.3) is 0 Å². The number of aliphatic hydroxyl groups excluding tert-OH is 1. The number of hydrogen-bond donors (Lipinski definition) is 3. The Morgan fingerprint density at radius 3 is 2.28 bits per heavy atom. The van der Waals surface area contributed by atoms with Crippen molar-refractivity contribution in [1.29, 1.82) is 0 Å². The zero-order chi connectivity index (χ0) is 14.4. The molecule has 0 bridgehead atoms. The van der Waals surface area contributed by atoms with Gasteiger partial charge in [0.15, 0.2) is 0 Å². The first-order chi connectivity index (χ1) is 8.08. The van der Waals surface area contributed by atoms with E-state index < -0.39 is 17.3 Å². The fourth-order valence-electron chi connectivity index (χ4n) is 1.53. The summed E-state index contributed by atoms with van der Waals surface area (Å²) in [6, 6.07) is 0. The predicted molar refractivity (Wildman–Crippen MR) is 75.4 cm³/mol. The molecule has 0 aliphatic rings. The lowest BCUT2D eigenvalue weighted by atomic mass is 9.95. The standard InChI is InChI=1S/C15H28O3/c1-6-15(5,18)11-7-8-12(2)9-10-13(16)14(3,4)17/h6,8,13,16-18H,1,7,9-11H2,2-5H3/b12-8+/t13-,15+/m0/s1. The topological polar surface area (TPSA) is 60.7 Å². The summed E-state index contributed by atoms with van der Waals surface area (Å²) in [7, 11) is 0. The lowest BCUT2D eigenvalue weighted by molar-refractivity contribution is -0.0509. The third-order valence-corrected chi connectivity index (χ3v) is 3.21. The number of hydrogen-bond acceptors (Lipinski definition) is 3. The summed E-state index contributed by atoms with van der Waals surface area (Å²) in [6.07, 6.45) is 5.62. The van der Waals surface area contributed by atoms with E-state index in [2.05, 4.69) is 12.7 Å². The van der Waals surface area contributed by atoms with Crippen LogP contribution >= 0.6 is 0 Å². The molecule has 0 aliphatic heterocycles. The zero-order valence-electron chi connectivity index (χ0n) is 12.1. The van der Waals surface area contributed by atoms with Crippen molar-refractivity contribution in [2.24, 2.45) is 0 Å². The first-order valence-electron chi connectivity index (χ1n) is 6.50. The molecular weight excluding hydrogens is 228 g/mol. The van der Waals surface area contributed by atoms with Crippen molar-refractivity contribution in [1.82, 2.24) is 0 Å². The van der Waals surface area contributed by atoms with Crippen LogP contribution in [0.3, 0.4) is 0 Å². The molecule has 0 aliphatic carbocycles. The van der Waals surface area contributed by atoms with Gasteiger partial charge in [0.1, 0.15) is 0 Å². The van der Waals surface area contributed by atoms with Gasteiger partial charge in [-0.2, -0.15) is 0 Å². The number of rotatable bonds is 8. The molecule has 0 saturated carbocycles. The second-order valence-corrected chi connectivity index (χ2v) is 5.86. The minimum absolute atomic E-state index is 0.545. The van der Waals surface area contributed by atoms with Gasteiger partial charge in [0.2, 0.25) is 0 Å². The lowest BCUT2D eigenvalue weighted by Gasteiger charge is -2.24. The van der Waals surface area contributed by atoms with Gasteiger partial charge in [-0.15, -0.1) is 6.58 Å². The fourth-order valence-corrected chi connectivity index (χ4v) is 1.53. The molecule has 0 spiro atoms. The Morgan fingerprint density at radius 2 is 1.83 bits per heavy atom. The highest BCUT2D eigenvalue weighted by molar-refractivity contribution is 5.01. The van der Waals surface area contributed by atoms with Crippen molar-refractivity contribution in [2.45, 2.75) is 70.7 Å². The molecule has 0 aromatic rings. The highest BCUT2D eigenvalue weighted by Crippen LogP contribution is 2.18. The monoisotopic (exact) mass is 256 g/mol. The van der Waals surface area contributed by atoms with Crippen molar-refractivity contribution in [3.05, 3.63) is 24.3 Å². The molecule has 106 valence electrons. The minimum Gasteiger partial charge on any atom is -0.390 e. The van der Waals surface area contributed by atoms with E-state index in [1.54, 1.807) is 26.8 Å². The minimum atomic E-state index is -1.05. The van der Waals surface area contributed by atoms with Gasteiger partial charge in [-0.1, -0.05) is 17.7 Å². The van der Waals surface area contributed by atoms with E-state index in [4.69, 9.17) is 0 Å². The molecule has 0 rings (SSSR count). The molecule has 0 aromatic heterocycles. The molecule has 0 heterocycles. The summed E-state index contributed by atoms with van der Waals surface area (Å²) >= 11 is 0. The van der Waals surface area contributed by atoms with Crippen LogP contribution in [-0.4, -0.2) is 32.6 Å². The molecule has 2 atom stereocenters. The van der Waals surface area contributed by atoms with Crippen LogP contribution in [0.15, 0.2) is 24.3 Å². The Kier molecular flexibility index (Phi) is 6.82. The predicted octanol–water partition coefficient (Wildman–Crippen LogP) is 2.56. The van der Waals surface area contributed by atoms with Gasteiger partial charge >= 0.3 is 0 Å². The Bertz CT molecular complexity index is 285. The summed E-state index contributed by atoms with van der Waals surface area (Å²) in [4.78, 5) is 0. The van der Waals surface area contributed by atoms with Gasteiger partial charge < -0.3 is 15.3 Å². The molecule has 0 radical (unpaired) electrons. The van der Waals surface area contributed by atoms with E-state index in [0.29, 0.717) is 12.8 Å². The van der Waals surface area contributed by atoms with Crippen LogP contribution in [0.1, 0.15) is 53.4 Å². The molecule has 3 N–H and O–H groups in total. The van der Waals surface area contributed by atoms with Crippen molar-refractivity contribution in [2.75, 3.05) is 0 Å². The molecule has 0 aromatic carbocycles. The maximum absolute atomic E-state index is 9.74. The number of aliphatic hydroxyl groups is 3. The second kappa shape index (κ2) is 7.07. The van der Waals surface area contributed by atoms with Crippen LogP contribution < -0.4 is 0 Å². The summed E-state index contributed by atoms with van der Waals surface area (Å²) in [5.74, 6) is 0. The molecule has 0 amide bonds. The first kappa shape index (κ1) is 17.4. The molecule has 3 heteroatoms. The maximum atomic E-state index is 9.74. The Hall–Kier alpha value is -0.640. The van der Waals surface area contributed by atoms with Crippen molar-refractivity contribution >= 4 is 0 Å². The van der Waals surface area contributed by atoms with E-state index in [-0.39, 0.29) is 0 Å². The molecule has 0 fully saturated rings. The largest absolute Gasteiger partial charge is 0.390 e. The van der Waals surface area contributed by atoms with Crippen LogP contribution in [0.2, 0.25) is 0 Å².